The zero-order valence-corrected chi connectivity index (χ0v) is 15.6. The second kappa shape index (κ2) is 8.78. The Morgan fingerprint density at radius 3 is 2.54 bits per heavy atom. The molecule has 24 heavy (non-hydrogen) atoms. The number of hydrogen-bond donors (Lipinski definition) is 1. The highest BCUT2D eigenvalue weighted by Crippen LogP contribution is 2.27. The van der Waals surface area contributed by atoms with Crippen LogP contribution in [0.3, 0.4) is 0 Å². The van der Waals surface area contributed by atoms with Crippen LogP contribution in [0.5, 0.6) is 5.75 Å². The van der Waals surface area contributed by atoms with Gasteiger partial charge in [-0.3, -0.25) is 9.59 Å². The number of halogens is 1. The van der Waals surface area contributed by atoms with E-state index in [0.717, 1.165) is 0 Å². The highest BCUT2D eigenvalue weighted by Gasteiger charge is 2.19. The molecule has 7 heteroatoms. The van der Waals surface area contributed by atoms with Crippen LogP contribution < -0.4 is 10.1 Å². The summed E-state index contributed by atoms with van der Waals surface area (Å²) in [5.74, 6) is 0.0612. The molecule has 0 aliphatic heterocycles. The Balaban J connectivity index is 2.46. The molecule has 1 rings (SSSR count). The van der Waals surface area contributed by atoms with E-state index in [1.807, 2.05) is 0 Å². The Kier molecular flexibility index (Phi) is 7.35. The molecule has 0 fully saturated rings. The molecule has 0 aliphatic rings. The number of benzene rings is 1. The molecule has 134 valence electrons. The lowest BCUT2D eigenvalue weighted by atomic mass is 10.2. The maximum atomic E-state index is 12.1. The van der Waals surface area contributed by atoms with E-state index in [1.54, 1.807) is 53.1 Å². The lowest BCUT2D eigenvalue weighted by molar-refractivity contribution is -0.158. The van der Waals surface area contributed by atoms with Crippen molar-refractivity contribution >= 4 is 29.2 Å². The smallest absolute Gasteiger partial charge is 0.326 e. The van der Waals surface area contributed by atoms with Gasteiger partial charge in [0.1, 0.15) is 17.9 Å². The zero-order chi connectivity index (χ0) is 18.3. The molecule has 0 saturated carbocycles. The molecule has 1 amide bonds. The van der Waals surface area contributed by atoms with Crippen LogP contribution in [0.25, 0.3) is 0 Å². The number of esters is 1. The number of ether oxygens (including phenoxy) is 2. The van der Waals surface area contributed by atoms with Crippen molar-refractivity contribution in [3.8, 4) is 5.75 Å². The van der Waals surface area contributed by atoms with Gasteiger partial charge in [-0.1, -0.05) is 11.6 Å². The Morgan fingerprint density at radius 1 is 1.29 bits per heavy atom. The van der Waals surface area contributed by atoms with E-state index < -0.39 is 11.6 Å². The Bertz CT molecular complexity index is 584. The summed E-state index contributed by atoms with van der Waals surface area (Å²) < 4.78 is 10.4. The number of nitrogens with one attached hydrogen (secondary N) is 1. The summed E-state index contributed by atoms with van der Waals surface area (Å²) in [4.78, 5) is 25.2. The van der Waals surface area contributed by atoms with Gasteiger partial charge < -0.3 is 19.7 Å². The van der Waals surface area contributed by atoms with Crippen molar-refractivity contribution < 1.29 is 19.1 Å². The van der Waals surface area contributed by atoms with Gasteiger partial charge in [-0.05, 0) is 39.0 Å². The second-order valence-corrected chi connectivity index (χ2v) is 6.79. The Hall–Kier alpha value is -1.95. The second-order valence-electron chi connectivity index (χ2n) is 6.36. The Labute approximate surface area is 148 Å². The summed E-state index contributed by atoms with van der Waals surface area (Å²) >= 11 is 5.95. The molecule has 0 heterocycles. The van der Waals surface area contributed by atoms with Crippen molar-refractivity contribution in [2.45, 2.75) is 32.8 Å². The number of carbonyl (C=O) groups is 2. The highest BCUT2D eigenvalue weighted by atomic mass is 35.5. The minimum absolute atomic E-state index is 0.0728. The van der Waals surface area contributed by atoms with E-state index >= 15 is 0 Å². The third-order valence-electron chi connectivity index (χ3n) is 3.03. The van der Waals surface area contributed by atoms with E-state index in [0.29, 0.717) is 23.0 Å². The molecule has 1 aromatic rings. The van der Waals surface area contributed by atoms with Gasteiger partial charge in [-0.25, -0.2) is 0 Å². The van der Waals surface area contributed by atoms with E-state index in [1.165, 1.54) is 4.90 Å². The maximum Gasteiger partial charge on any atom is 0.326 e. The summed E-state index contributed by atoms with van der Waals surface area (Å²) in [5.41, 5.74) is 0.152. The van der Waals surface area contributed by atoms with Crippen LogP contribution in [0.4, 0.5) is 5.69 Å². The molecule has 0 aliphatic carbocycles. The molecule has 0 atom stereocenters. The zero-order valence-electron chi connectivity index (χ0n) is 14.8. The lowest BCUT2D eigenvalue weighted by Gasteiger charge is -2.22. The summed E-state index contributed by atoms with van der Waals surface area (Å²) in [5, 5.41) is 3.68. The van der Waals surface area contributed by atoms with E-state index in [2.05, 4.69) is 5.32 Å². The van der Waals surface area contributed by atoms with Gasteiger partial charge in [0.2, 0.25) is 5.91 Å². The van der Waals surface area contributed by atoms with Crippen LogP contribution in [0, 0.1) is 0 Å². The van der Waals surface area contributed by atoms with Crippen LogP contribution in [-0.4, -0.2) is 49.6 Å². The first-order valence-electron chi connectivity index (χ1n) is 7.65. The van der Waals surface area contributed by atoms with Gasteiger partial charge in [0.05, 0.1) is 12.8 Å². The minimum Gasteiger partial charge on any atom is -0.495 e. The highest BCUT2D eigenvalue weighted by molar-refractivity contribution is 6.30. The SMILES string of the molecule is COc1ccc(Cl)cc1NCCC(=O)N(C)CC(=O)OC(C)(C)C. The number of carbonyl (C=O) groups excluding carboxylic acids is 2. The number of hydrogen-bond acceptors (Lipinski definition) is 5. The average molecular weight is 357 g/mol. The number of amides is 1. The third-order valence-corrected chi connectivity index (χ3v) is 3.26. The molecule has 6 nitrogen and oxygen atoms in total. The third kappa shape index (κ3) is 7.08. The van der Waals surface area contributed by atoms with Crippen LogP contribution in [0.15, 0.2) is 18.2 Å². The van der Waals surface area contributed by atoms with Crippen molar-refractivity contribution in [1.29, 1.82) is 0 Å². The molecule has 0 unspecified atom stereocenters. The molecule has 1 N–H and O–H groups in total. The summed E-state index contributed by atoms with van der Waals surface area (Å²) in [7, 11) is 3.14. The maximum absolute atomic E-state index is 12.1. The van der Waals surface area contributed by atoms with Crippen molar-refractivity contribution in [1.82, 2.24) is 4.90 Å². The molecule has 0 bridgehead atoms. The van der Waals surface area contributed by atoms with E-state index in [4.69, 9.17) is 21.1 Å². The summed E-state index contributed by atoms with van der Waals surface area (Å²) in [6.07, 6.45) is 0.231. The van der Waals surface area contributed by atoms with E-state index in [9.17, 15) is 9.59 Å². The standard InChI is InChI=1S/C17H25ClN2O4/c1-17(2,3)24-16(22)11-20(4)15(21)8-9-19-13-10-12(18)6-7-14(13)23-5/h6-7,10,19H,8-9,11H2,1-5H3. The predicted molar refractivity (Wildman–Crippen MR) is 94.6 cm³/mol. The summed E-state index contributed by atoms with van der Waals surface area (Å²) in [6.45, 7) is 5.68. The number of nitrogens with zero attached hydrogens (tertiary/aromatic N) is 1. The predicted octanol–water partition coefficient (Wildman–Crippen LogP) is 2.95. The quantitative estimate of drug-likeness (QED) is 0.761. The van der Waals surface area contributed by atoms with Gasteiger partial charge in [-0.2, -0.15) is 0 Å². The van der Waals surface area contributed by atoms with Crippen molar-refractivity contribution in [3.63, 3.8) is 0 Å². The van der Waals surface area contributed by atoms with Crippen molar-refractivity contribution in [2.75, 3.05) is 32.6 Å². The van der Waals surface area contributed by atoms with Crippen LogP contribution in [0.2, 0.25) is 5.02 Å². The normalized spacial score (nSPS) is 10.9. The van der Waals surface area contributed by atoms with Crippen molar-refractivity contribution in [3.05, 3.63) is 23.2 Å². The molecular weight excluding hydrogens is 332 g/mol. The molecule has 0 radical (unpaired) electrons. The molecule has 1 aromatic carbocycles. The molecule has 0 spiro atoms. The van der Waals surface area contributed by atoms with Crippen molar-refractivity contribution in [2.24, 2.45) is 0 Å². The number of likely N-dealkylation sites (N-methyl/N-ethyl adjacent to an activating group) is 1. The monoisotopic (exact) mass is 356 g/mol. The average Bonchev–Trinajstić information content (AvgIpc) is 2.45. The number of rotatable bonds is 7. The number of anilines is 1. The van der Waals surface area contributed by atoms with Gasteiger partial charge in [0.15, 0.2) is 0 Å². The minimum atomic E-state index is -0.564. The van der Waals surface area contributed by atoms with E-state index in [-0.39, 0.29) is 18.9 Å². The van der Waals surface area contributed by atoms with Crippen LogP contribution >= 0.6 is 11.6 Å². The fourth-order valence-electron chi connectivity index (χ4n) is 1.97. The topological polar surface area (TPSA) is 67.9 Å². The first kappa shape index (κ1) is 20.1. The van der Waals surface area contributed by atoms with Crippen LogP contribution in [-0.2, 0) is 14.3 Å². The van der Waals surface area contributed by atoms with Gasteiger partial charge in [0, 0.05) is 25.0 Å². The van der Waals surface area contributed by atoms with Gasteiger partial charge in [-0.15, -0.1) is 0 Å². The van der Waals surface area contributed by atoms with Gasteiger partial charge in [0.25, 0.3) is 0 Å². The fourth-order valence-corrected chi connectivity index (χ4v) is 2.14. The first-order valence-corrected chi connectivity index (χ1v) is 8.03. The summed E-state index contributed by atoms with van der Waals surface area (Å²) in [6, 6.07) is 5.21. The fraction of sp³-hybridized carbons (Fsp3) is 0.529. The lowest BCUT2D eigenvalue weighted by Crippen LogP contribution is -2.36. The molecule has 0 aromatic heterocycles. The number of methoxy groups -OCH3 is 1. The molecule has 0 saturated heterocycles. The first-order chi connectivity index (χ1) is 11.1. The molecular formula is C17H25ClN2O4. The van der Waals surface area contributed by atoms with Crippen LogP contribution in [0.1, 0.15) is 27.2 Å². The van der Waals surface area contributed by atoms with Gasteiger partial charge >= 0.3 is 5.97 Å². The Morgan fingerprint density at radius 2 is 1.96 bits per heavy atom. The largest absolute Gasteiger partial charge is 0.495 e.